The van der Waals surface area contributed by atoms with Crippen LogP contribution in [0.15, 0.2) is 49.2 Å². The molecule has 0 radical (unpaired) electrons. The van der Waals surface area contributed by atoms with Crippen LogP contribution in [0.2, 0.25) is 0 Å². The first-order chi connectivity index (χ1) is 8.48. The van der Waals surface area contributed by atoms with Crippen molar-refractivity contribution in [1.82, 2.24) is 0 Å². The maximum absolute atomic E-state index is 9.22. The topological polar surface area (TPSA) is 70.3 Å². The lowest BCUT2D eigenvalue weighted by molar-refractivity contribution is -0.538. The molecule has 0 aliphatic heterocycles. The Balaban J connectivity index is 0.000000232. The lowest BCUT2D eigenvalue weighted by atomic mass is 10.2. The van der Waals surface area contributed by atoms with E-state index >= 15 is 0 Å². The van der Waals surface area contributed by atoms with Crippen LogP contribution in [0.4, 0.5) is 0 Å². The normalized spacial score (nSPS) is 10.6. The molecule has 0 amide bonds. The maximum atomic E-state index is 9.22. The maximum Gasteiger partial charge on any atom is 0.217 e. The molecule has 0 spiro atoms. The van der Waals surface area contributed by atoms with Gasteiger partial charge in [0.05, 0.1) is 7.11 Å². The van der Waals surface area contributed by atoms with E-state index in [2.05, 4.69) is 29.0 Å². The summed E-state index contributed by atoms with van der Waals surface area (Å²) in [6.45, 7) is 3.74. The van der Waals surface area contributed by atoms with E-state index in [1.54, 1.807) is 0 Å². The molecule has 1 aromatic heterocycles. The molecule has 18 heavy (non-hydrogen) atoms. The zero-order valence-corrected chi connectivity index (χ0v) is 10.6. The molecule has 0 bridgehead atoms. The van der Waals surface area contributed by atoms with E-state index < -0.39 is 10.4 Å². The Morgan fingerprint density at radius 1 is 1.28 bits per heavy atom. The summed E-state index contributed by atoms with van der Waals surface area (Å²) in [5.41, 5.74) is 1.19. The SMILES string of the molecule is C=C[n+]1cccc2ccccc21.COS(=O)(=O)[O-]. The van der Waals surface area contributed by atoms with Crippen LogP contribution in [-0.2, 0) is 14.6 Å². The Hall–Kier alpha value is -1.76. The molecular formula is C12H13NO4S. The van der Waals surface area contributed by atoms with Crippen molar-refractivity contribution in [2.45, 2.75) is 0 Å². The van der Waals surface area contributed by atoms with Crippen molar-refractivity contribution >= 4 is 27.5 Å². The molecule has 0 aliphatic carbocycles. The number of pyridine rings is 1. The molecule has 0 fully saturated rings. The zero-order valence-electron chi connectivity index (χ0n) is 9.81. The second-order valence-electron chi connectivity index (χ2n) is 3.23. The van der Waals surface area contributed by atoms with Gasteiger partial charge in [-0.25, -0.2) is 8.42 Å². The van der Waals surface area contributed by atoms with Gasteiger partial charge in [0.15, 0.2) is 12.4 Å². The Morgan fingerprint density at radius 3 is 2.39 bits per heavy atom. The molecule has 6 heteroatoms. The van der Waals surface area contributed by atoms with Crippen LogP contribution < -0.4 is 4.57 Å². The number of fused-ring (bicyclic) bond motifs is 1. The van der Waals surface area contributed by atoms with Crippen molar-refractivity contribution in [3.05, 3.63) is 49.2 Å². The fourth-order valence-electron chi connectivity index (χ4n) is 1.34. The Morgan fingerprint density at radius 2 is 1.83 bits per heavy atom. The van der Waals surface area contributed by atoms with Crippen LogP contribution >= 0.6 is 0 Å². The van der Waals surface area contributed by atoms with Gasteiger partial charge >= 0.3 is 0 Å². The highest BCUT2D eigenvalue weighted by Gasteiger charge is 2.01. The smallest absolute Gasteiger partial charge is 0.217 e. The summed E-state index contributed by atoms with van der Waals surface area (Å²) in [7, 11) is -3.60. The van der Waals surface area contributed by atoms with Gasteiger partial charge < -0.3 is 4.55 Å². The average Bonchev–Trinajstić information content (AvgIpc) is 2.38. The van der Waals surface area contributed by atoms with E-state index in [0.29, 0.717) is 0 Å². The molecule has 0 unspecified atom stereocenters. The first-order valence-electron chi connectivity index (χ1n) is 5.01. The van der Waals surface area contributed by atoms with Gasteiger partial charge in [0.25, 0.3) is 0 Å². The van der Waals surface area contributed by atoms with Crippen molar-refractivity contribution in [2.24, 2.45) is 0 Å². The number of hydrogen-bond donors (Lipinski definition) is 0. The summed E-state index contributed by atoms with van der Waals surface area (Å²) >= 11 is 0. The van der Waals surface area contributed by atoms with Gasteiger partial charge in [-0.1, -0.05) is 12.1 Å². The van der Waals surface area contributed by atoms with Crippen molar-refractivity contribution in [3.63, 3.8) is 0 Å². The number of aromatic nitrogens is 1. The quantitative estimate of drug-likeness (QED) is 0.467. The van der Waals surface area contributed by atoms with Crippen LogP contribution in [-0.4, -0.2) is 20.1 Å². The van der Waals surface area contributed by atoms with E-state index in [1.807, 2.05) is 35.2 Å². The molecule has 2 rings (SSSR count). The molecule has 0 saturated carbocycles. The lowest BCUT2D eigenvalue weighted by Gasteiger charge is -1.98. The predicted molar refractivity (Wildman–Crippen MR) is 67.2 cm³/mol. The highest BCUT2D eigenvalue weighted by molar-refractivity contribution is 7.80. The molecule has 5 nitrogen and oxygen atoms in total. The van der Waals surface area contributed by atoms with Crippen LogP contribution in [0, 0.1) is 0 Å². The molecule has 0 atom stereocenters. The van der Waals surface area contributed by atoms with Crippen molar-refractivity contribution in [2.75, 3.05) is 7.11 Å². The molecule has 2 aromatic rings. The minimum absolute atomic E-state index is 0.808. The highest BCUT2D eigenvalue weighted by Crippen LogP contribution is 2.07. The first-order valence-corrected chi connectivity index (χ1v) is 6.34. The second kappa shape index (κ2) is 6.25. The largest absolute Gasteiger partial charge is 0.726 e. The third-order valence-electron chi connectivity index (χ3n) is 2.14. The van der Waals surface area contributed by atoms with Crippen LogP contribution in [0.1, 0.15) is 0 Å². The van der Waals surface area contributed by atoms with Crippen LogP contribution in [0.25, 0.3) is 17.1 Å². The Labute approximate surface area is 106 Å². The summed E-state index contributed by atoms with van der Waals surface area (Å²) in [5, 5.41) is 1.24. The molecule has 1 heterocycles. The zero-order chi connectivity index (χ0) is 13.6. The first kappa shape index (κ1) is 14.3. The third kappa shape index (κ3) is 4.25. The number of hydrogen-bond acceptors (Lipinski definition) is 4. The molecule has 1 aromatic carbocycles. The summed E-state index contributed by atoms with van der Waals surface area (Å²) in [4.78, 5) is 0. The van der Waals surface area contributed by atoms with E-state index in [-0.39, 0.29) is 0 Å². The van der Waals surface area contributed by atoms with Crippen molar-refractivity contribution in [1.29, 1.82) is 0 Å². The van der Waals surface area contributed by atoms with Gasteiger partial charge in [-0.05, 0) is 18.7 Å². The van der Waals surface area contributed by atoms with Gasteiger partial charge in [0.2, 0.25) is 15.9 Å². The summed E-state index contributed by atoms with van der Waals surface area (Å²) in [5.74, 6) is 0. The fourth-order valence-corrected chi connectivity index (χ4v) is 1.34. The molecule has 0 saturated heterocycles. The predicted octanol–water partition coefficient (Wildman–Crippen LogP) is 1.32. The van der Waals surface area contributed by atoms with Crippen molar-refractivity contribution in [3.8, 4) is 0 Å². The van der Waals surface area contributed by atoms with E-state index in [9.17, 15) is 13.0 Å². The summed E-state index contributed by atoms with van der Waals surface area (Å²) < 4.78 is 33.0. The van der Waals surface area contributed by atoms with Crippen LogP contribution in [0.5, 0.6) is 0 Å². The van der Waals surface area contributed by atoms with E-state index in [4.69, 9.17) is 0 Å². The van der Waals surface area contributed by atoms with Gasteiger partial charge in [0.1, 0.15) is 0 Å². The minimum atomic E-state index is -4.41. The lowest BCUT2D eigenvalue weighted by Crippen LogP contribution is -2.25. The average molecular weight is 267 g/mol. The Bertz CT molecular complexity index is 632. The van der Waals surface area contributed by atoms with Crippen molar-refractivity contribution < 1.29 is 21.7 Å². The number of rotatable bonds is 2. The van der Waals surface area contributed by atoms with E-state index in [0.717, 1.165) is 7.11 Å². The third-order valence-corrected chi connectivity index (χ3v) is 2.55. The molecule has 0 N–H and O–H groups in total. The second-order valence-corrected chi connectivity index (χ2v) is 4.38. The molecule has 96 valence electrons. The fraction of sp³-hybridized carbons (Fsp3) is 0.0833. The number of benzene rings is 1. The minimum Gasteiger partial charge on any atom is -0.726 e. The highest BCUT2D eigenvalue weighted by atomic mass is 32.3. The summed E-state index contributed by atoms with van der Waals surface area (Å²) in [6.07, 6.45) is 3.80. The van der Waals surface area contributed by atoms with Gasteiger partial charge in [-0.15, -0.1) is 0 Å². The number of para-hydroxylation sites is 1. The number of nitrogens with zero attached hydrogens (tertiary/aromatic N) is 1. The summed E-state index contributed by atoms with van der Waals surface area (Å²) in [6, 6.07) is 12.4. The van der Waals surface area contributed by atoms with Gasteiger partial charge in [-0.3, -0.25) is 4.18 Å². The van der Waals surface area contributed by atoms with Gasteiger partial charge in [0, 0.05) is 17.5 Å². The molecular weight excluding hydrogens is 254 g/mol. The Kier molecular flexibility index (Phi) is 4.96. The van der Waals surface area contributed by atoms with E-state index in [1.165, 1.54) is 10.9 Å². The monoisotopic (exact) mass is 267 g/mol. The molecule has 0 aliphatic rings. The standard InChI is InChI=1S/C11H10N.CH4O4S/c1-2-12-9-5-7-10-6-3-4-8-11(10)12;1-5-6(2,3)4/h2-9H,1H2;1H3,(H,2,3,4)/q+1;/p-1. The van der Waals surface area contributed by atoms with Crippen LogP contribution in [0.3, 0.4) is 0 Å². The van der Waals surface area contributed by atoms with Gasteiger partial charge in [-0.2, -0.15) is 4.57 Å².